The lowest BCUT2D eigenvalue weighted by atomic mass is 9.83. The van der Waals surface area contributed by atoms with Gasteiger partial charge in [0.05, 0.1) is 29.3 Å². The van der Waals surface area contributed by atoms with E-state index in [9.17, 15) is 34.4 Å². The van der Waals surface area contributed by atoms with Gasteiger partial charge in [-0.15, -0.1) is 6.58 Å². The molecule has 14 heteroatoms. The van der Waals surface area contributed by atoms with Crippen molar-refractivity contribution >= 4 is 40.5 Å². The first kappa shape index (κ1) is 35.3. The maximum absolute atomic E-state index is 14.4. The quantitative estimate of drug-likeness (QED) is 0.100. The fourth-order valence-corrected chi connectivity index (χ4v) is 7.43. The minimum absolute atomic E-state index is 0.000887. The average molecular weight is 700 g/mol. The summed E-state index contributed by atoms with van der Waals surface area (Å²) in [5.74, 6) is -2.12. The second kappa shape index (κ2) is 14.8. The predicted octanol–water partition coefficient (Wildman–Crippen LogP) is 5.00. The standard InChI is InChI=1S/C37H41N5O9/c1-3-24-20-37(24,35(45)50-4-2)40-33(43)30-18-26(21-41(30)34(44)32(39-36(46)47)23-13-9-6-10-14-23)51-31-19-29(22-11-7-5-8-12-22)38-28-16-15-25(42(48)49)17-27(28)31/h3,5,7-8,11-12,15-17,19,23-24,26,30,32,39H,1,4,6,9-10,13-14,18,20-21H2,2H3,(H,40,43)(H,46,47)/t24-,26?,30-,32-,37+/m0/s1. The van der Waals surface area contributed by atoms with Crippen LogP contribution in [0, 0.1) is 22.0 Å². The normalized spacial score (nSPS) is 23.5. The number of carbonyl (C=O) groups is 4. The Morgan fingerprint density at radius 1 is 1.14 bits per heavy atom. The van der Waals surface area contributed by atoms with Gasteiger partial charge < -0.3 is 30.1 Å². The molecular formula is C37H41N5O9. The Labute approximate surface area is 294 Å². The van der Waals surface area contributed by atoms with E-state index in [0.29, 0.717) is 29.4 Å². The number of likely N-dealkylation sites (tertiary alicyclic amines) is 1. The van der Waals surface area contributed by atoms with Gasteiger partial charge in [-0.1, -0.05) is 55.7 Å². The number of fused-ring (bicyclic) bond motifs is 1. The smallest absolute Gasteiger partial charge is 0.405 e. The van der Waals surface area contributed by atoms with E-state index >= 15 is 0 Å². The number of aromatic nitrogens is 1. The molecule has 3 aliphatic rings. The van der Waals surface area contributed by atoms with Gasteiger partial charge in [-0.2, -0.15) is 0 Å². The van der Waals surface area contributed by atoms with Crippen molar-refractivity contribution in [2.45, 2.75) is 75.6 Å². The van der Waals surface area contributed by atoms with Crippen molar-refractivity contribution in [2.24, 2.45) is 11.8 Å². The summed E-state index contributed by atoms with van der Waals surface area (Å²) in [5.41, 5.74) is 0.290. The Kier molecular flexibility index (Phi) is 10.2. The van der Waals surface area contributed by atoms with Gasteiger partial charge in [0.25, 0.3) is 5.69 Å². The molecule has 2 saturated carbocycles. The maximum Gasteiger partial charge on any atom is 0.405 e. The van der Waals surface area contributed by atoms with Crippen LogP contribution in [0.4, 0.5) is 10.5 Å². The van der Waals surface area contributed by atoms with E-state index in [2.05, 4.69) is 17.2 Å². The fraction of sp³-hybridized carbons (Fsp3) is 0.432. The van der Waals surface area contributed by atoms with Crippen LogP contribution < -0.4 is 15.4 Å². The Balaban J connectivity index is 1.36. The van der Waals surface area contributed by atoms with Crippen LogP contribution in [0.25, 0.3) is 22.2 Å². The summed E-state index contributed by atoms with van der Waals surface area (Å²) < 4.78 is 11.8. The first-order valence-corrected chi connectivity index (χ1v) is 17.3. The van der Waals surface area contributed by atoms with Crippen LogP contribution in [0.5, 0.6) is 5.75 Å². The summed E-state index contributed by atoms with van der Waals surface area (Å²) in [7, 11) is 0. The summed E-state index contributed by atoms with van der Waals surface area (Å²) >= 11 is 0. The van der Waals surface area contributed by atoms with Crippen molar-refractivity contribution in [1.29, 1.82) is 0 Å². The van der Waals surface area contributed by atoms with E-state index in [1.54, 1.807) is 25.1 Å². The number of benzene rings is 2. The van der Waals surface area contributed by atoms with E-state index in [4.69, 9.17) is 14.5 Å². The number of nitro groups is 1. The van der Waals surface area contributed by atoms with E-state index in [0.717, 1.165) is 24.8 Å². The maximum atomic E-state index is 14.4. The number of rotatable bonds is 12. The fourth-order valence-electron chi connectivity index (χ4n) is 7.43. The second-order valence-electron chi connectivity index (χ2n) is 13.4. The van der Waals surface area contributed by atoms with Gasteiger partial charge in [-0.25, -0.2) is 14.6 Å². The van der Waals surface area contributed by atoms with Crippen LogP contribution in [0.15, 0.2) is 67.3 Å². The Hall–Kier alpha value is -5.53. The minimum atomic E-state index is -1.35. The van der Waals surface area contributed by atoms with Crippen molar-refractivity contribution in [3.05, 3.63) is 77.4 Å². The number of hydrogen-bond acceptors (Lipinski definition) is 9. The first-order chi connectivity index (χ1) is 24.5. The van der Waals surface area contributed by atoms with Gasteiger partial charge in [-0.3, -0.25) is 19.7 Å². The van der Waals surface area contributed by atoms with E-state index < -0.39 is 52.5 Å². The van der Waals surface area contributed by atoms with Gasteiger partial charge in [0.2, 0.25) is 11.8 Å². The number of non-ortho nitro benzene ring substituents is 1. The molecule has 2 heterocycles. The third kappa shape index (κ3) is 7.35. The average Bonchev–Trinajstić information content (AvgIpc) is 3.69. The number of nitrogens with zero attached hydrogens (tertiary/aromatic N) is 3. The Morgan fingerprint density at radius 3 is 2.53 bits per heavy atom. The molecule has 1 saturated heterocycles. The summed E-state index contributed by atoms with van der Waals surface area (Å²) in [6.45, 7) is 5.48. The molecular weight excluding hydrogens is 658 g/mol. The topological polar surface area (TPSA) is 190 Å². The lowest BCUT2D eigenvalue weighted by molar-refractivity contribution is -0.384. The number of nitrogens with one attached hydrogen (secondary N) is 2. The zero-order valence-electron chi connectivity index (χ0n) is 28.3. The number of esters is 1. The van der Waals surface area contributed by atoms with E-state index in [1.165, 1.54) is 17.0 Å². The predicted molar refractivity (Wildman–Crippen MR) is 186 cm³/mol. The molecule has 1 aromatic heterocycles. The molecule has 3 aromatic rings. The molecule has 6 rings (SSSR count). The number of amides is 3. The van der Waals surface area contributed by atoms with Crippen LogP contribution in [0.3, 0.4) is 0 Å². The van der Waals surface area contributed by atoms with Gasteiger partial charge in [0, 0.05) is 41.5 Å². The van der Waals surface area contributed by atoms with E-state index in [1.807, 2.05) is 30.3 Å². The molecule has 0 radical (unpaired) electrons. The monoisotopic (exact) mass is 699 g/mol. The van der Waals surface area contributed by atoms with Crippen molar-refractivity contribution in [3.8, 4) is 17.0 Å². The van der Waals surface area contributed by atoms with Gasteiger partial charge in [0.15, 0.2) is 0 Å². The van der Waals surface area contributed by atoms with Crippen LogP contribution >= 0.6 is 0 Å². The molecule has 3 fully saturated rings. The zero-order valence-corrected chi connectivity index (χ0v) is 28.3. The molecule has 1 aliphatic heterocycles. The summed E-state index contributed by atoms with van der Waals surface area (Å²) in [6.07, 6.45) is 3.71. The number of ether oxygens (including phenoxy) is 2. The molecule has 2 aliphatic carbocycles. The highest BCUT2D eigenvalue weighted by molar-refractivity contribution is 5.97. The van der Waals surface area contributed by atoms with Crippen LogP contribution in [-0.2, 0) is 19.1 Å². The lowest BCUT2D eigenvalue weighted by Crippen LogP contribution is -2.58. The zero-order chi connectivity index (χ0) is 36.3. The highest BCUT2D eigenvalue weighted by atomic mass is 16.6. The number of pyridine rings is 1. The van der Waals surface area contributed by atoms with Crippen molar-refractivity contribution in [2.75, 3.05) is 13.2 Å². The number of carboxylic acid groups (broad SMARTS) is 1. The van der Waals surface area contributed by atoms with Gasteiger partial charge in [0.1, 0.15) is 29.5 Å². The SMILES string of the molecule is C=C[C@H]1C[C@]1(NC(=O)[C@@H]1CC(Oc2cc(-c3ccccc3)nc3ccc([N+](=O)[O-])cc23)CN1C(=O)[C@@H](NC(=O)O)C1CCCCC1)C(=O)OCC. The summed E-state index contributed by atoms with van der Waals surface area (Å²) in [4.78, 5) is 70.8. The molecule has 3 amide bonds. The van der Waals surface area contributed by atoms with Crippen LogP contribution in [0.2, 0.25) is 0 Å². The molecule has 1 unspecified atom stereocenters. The molecule has 3 N–H and O–H groups in total. The Morgan fingerprint density at radius 2 is 1.88 bits per heavy atom. The summed E-state index contributed by atoms with van der Waals surface area (Å²) in [6, 6.07) is 13.0. The largest absolute Gasteiger partial charge is 0.488 e. The third-order valence-electron chi connectivity index (χ3n) is 10.1. The van der Waals surface area contributed by atoms with Gasteiger partial charge >= 0.3 is 12.1 Å². The van der Waals surface area contributed by atoms with Crippen molar-refractivity contribution in [1.82, 2.24) is 20.5 Å². The van der Waals surface area contributed by atoms with Crippen LogP contribution in [-0.4, -0.2) is 80.7 Å². The second-order valence-corrected chi connectivity index (χ2v) is 13.4. The van der Waals surface area contributed by atoms with Crippen LogP contribution in [0.1, 0.15) is 51.9 Å². The highest BCUT2D eigenvalue weighted by Gasteiger charge is 2.62. The van der Waals surface area contributed by atoms with Crippen molar-refractivity contribution < 1.29 is 38.7 Å². The summed E-state index contributed by atoms with van der Waals surface area (Å²) in [5, 5.41) is 27.1. The molecule has 268 valence electrons. The molecule has 5 atom stereocenters. The highest BCUT2D eigenvalue weighted by Crippen LogP contribution is 2.46. The Bertz CT molecular complexity index is 1850. The third-order valence-corrected chi connectivity index (χ3v) is 10.1. The molecule has 0 bridgehead atoms. The lowest BCUT2D eigenvalue weighted by Gasteiger charge is -2.34. The van der Waals surface area contributed by atoms with E-state index in [-0.39, 0.29) is 49.3 Å². The van der Waals surface area contributed by atoms with Crippen molar-refractivity contribution in [3.63, 3.8) is 0 Å². The number of carbonyl (C=O) groups excluding carboxylic acids is 3. The minimum Gasteiger partial charge on any atom is -0.488 e. The number of hydrogen-bond donors (Lipinski definition) is 3. The first-order valence-electron chi connectivity index (χ1n) is 17.3. The molecule has 14 nitrogen and oxygen atoms in total. The molecule has 2 aromatic carbocycles. The van der Waals surface area contributed by atoms with Gasteiger partial charge in [-0.05, 0) is 38.2 Å². The number of nitro benzene ring substituents is 1. The molecule has 51 heavy (non-hydrogen) atoms. The molecule has 0 spiro atoms.